The number of carbonyl (C=O) groups is 3. The Kier molecular flexibility index (Phi) is 7.06. The zero-order chi connectivity index (χ0) is 19.9. The van der Waals surface area contributed by atoms with E-state index in [0.29, 0.717) is 30.9 Å². The molecule has 6 heteroatoms. The van der Waals surface area contributed by atoms with E-state index in [1.165, 1.54) is 17.7 Å². The fourth-order valence-electron chi connectivity index (χ4n) is 4.51. The number of carboxylic acid groups (broad SMARTS) is 1. The highest BCUT2D eigenvalue weighted by atomic mass is 16.4. The van der Waals surface area contributed by atoms with Gasteiger partial charge in [-0.05, 0) is 56.6 Å². The fraction of sp³-hybridized carbons (Fsp3) is 0.591. The molecule has 0 atom stereocenters. The maximum absolute atomic E-state index is 13.0. The van der Waals surface area contributed by atoms with Gasteiger partial charge in [0.05, 0.1) is 0 Å². The predicted molar refractivity (Wildman–Crippen MR) is 107 cm³/mol. The minimum Gasteiger partial charge on any atom is -0.480 e. The van der Waals surface area contributed by atoms with Gasteiger partial charge in [-0.3, -0.25) is 14.4 Å². The molecule has 0 spiro atoms. The molecular weight excluding hydrogens is 356 g/mol. The second-order valence-electron chi connectivity index (χ2n) is 8.12. The van der Waals surface area contributed by atoms with E-state index in [1.807, 2.05) is 6.07 Å². The number of hydrogen-bond donors (Lipinski definition) is 2. The summed E-state index contributed by atoms with van der Waals surface area (Å²) < 4.78 is 0. The summed E-state index contributed by atoms with van der Waals surface area (Å²) in [6.07, 6.45) is 8.30. The van der Waals surface area contributed by atoms with Crippen LogP contribution in [0.4, 0.5) is 5.69 Å². The van der Waals surface area contributed by atoms with Crippen molar-refractivity contribution in [3.63, 3.8) is 0 Å². The molecule has 2 N–H and O–H groups in total. The van der Waals surface area contributed by atoms with Gasteiger partial charge in [-0.1, -0.05) is 31.0 Å². The molecule has 1 aromatic carbocycles. The number of para-hydroxylation sites is 1. The van der Waals surface area contributed by atoms with Crippen LogP contribution in [0.3, 0.4) is 0 Å². The van der Waals surface area contributed by atoms with Crippen molar-refractivity contribution in [2.45, 2.75) is 63.8 Å². The molecule has 2 saturated carbocycles. The summed E-state index contributed by atoms with van der Waals surface area (Å²) in [5.74, 6) is -0.677. The lowest BCUT2D eigenvalue weighted by molar-refractivity contribution is -0.137. The van der Waals surface area contributed by atoms with Crippen molar-refractivity contribution in [3.05, 3.63) is 30.3 Å². The molecule has 3 rings (SSSR count). The molecular formula is C22H30N2O4. The van der Waals surface area contributed by atoms with Crippen LogP contribution in [0, 0.1) is 11.8 Å². The first-order valence-corrected chi connectivity index (χ1v) is 10.4. The van der Waals surface area contributed by atoms with Crippen LogP contribution in [0.15, 0.2) is 30.3 Å². The Hall–Kier alpha value is -2.37. The number of carbonyl (C=O) groups excluding carboxylic acids is 2. The lowest BCUT2D eigenvalue weighted by Gasteiger charge is -2.32. The Bertz CT molecular complexity index is 677. The lowest BCUT2D eigenvalue weighted by atomic mass is 9.84. The van der Waals surface area contributed by atoms with Crippen LogP contribution in [0.1, 0.15) is 57.8 Å². The highest BCUT2D eigenvalue weighted by Crippen LogP contribution is 2.30. The van der Waals surface area contributed by atoms with Gasteiger partial charge in [-0.15, -0.1) is 0 Å². The van der Waals surface area contributed by atoms with Gasteiger partial charge in [0.2, 0.25) is 11.8 Å². The van der Waals surface area contributed by atoms with Crippen LogP contribution < -0.4 is 10.2 Å². The summed E-state index contributed by atoms with van der Waals surface area (Å²) in [5, 5.41) is 12.3. The Morgan fingerprint density at radius 1 is 0.964 bits per heavy atom. The number of amides is 2. The predicted octanol–water partition coefficient (Wildman–Crippen LogP) is 3.36. The number of benzene rings is 1. The number of rotatable bonds is 7. The number of nitrogens with zero attached hydrogens (tertiary/aromatic N) is 1. The largest absolute Gasteiger partial charge is 0.480 e. The van der Waals surface area contributed by atoms with E-state index >= 15 is 0 Å². The van der Waals surface area contributed by atoms with Crippen molar-refractivity contribution in [2.75, 3.05) is 11.4 Å². The van der Waals surface area contributed by atoms with Crippen molar-refractivity contribution >= 4 is 23.5 Å². The fourth-order valence-corrected chi connectivity index (χ4v) is 4.51. The summed E-state index contributed by atoms with van der Waals surface area (Å²) in [5.41, 5.74) is 0.613. The van der Waals surface area contributed by atoms with E-state index in [1.54, 1.807) is 24.3 Å². The van der Waals surface area contributed by atoms with Gasteiger partial charge in [-0.25, -0.2) is 0 Å². The van der Waals surface area contributed by atoms with Crippen molar-refractivity contribution in [2.24, 2.45) is 11.8 Å². The van der Waals surface area contributed by atoms with Crippen molar-refractivity contribution in [3.8, 4) is 0 Å². The van der Waals surface area contributed by atoms with Crippen molar-refractivity contribution < 1.29 is 19.5 Å². The lowest BCUT2D eigenvalue weighted by Crippen LogP contribution is -2.44. The summed E-state index contributed by atoms with van der Waals surface area (Å²) in [7, 11) is 0. The van der Waals surface area contributed by atoms with Gasteiger partial charge in [0, 0.05) is 24.1 Å². The number of carboxylic acids is 1. The third-order valence-electron chi connectivity index (χ3n) is 6.02. The molecule has 2 aliphatic carbocycles. The van der Waals surface area contributed by atoms with Crippen LogP contribution >= 0.6 is 0 Å². The van der Waals surface area contributed by atoms with Gasteiger partial charge in [0.15, 0.2) is 0 Å². The highest BCUT2D eigenvalue weighted by Gasteiger charge is 2.31. The average Bonchev–Trinajstić information content (AvgIpc) is 3.19. The molecule has 0 heterocycles. The van der Waals surface area contributed by atoms with Crippen LogP contribution in [0.2, 0.25) is 0 Å². The zero-order valence-corrected chi connectivity index (χ0v) is 16.3. The second kappa shape index (κ2) is 9.71. The highest BCUT2D eigenvalue weighted by molar-refractivity contribution is 5.98. The third-order valence-corrected chi connectivity index (χ3v) is 6.02. The van der Waals surface area contributed by atoms with Gasteiger partial charge < -0.3 is 15.3 Å². The maximum Gasteiger partial charge on any atom is 0.323 e. The van der Waals surface area contributed by atoms with Crippen LogP contribution in [0.5, 0.6) is 0 Å². The molecule has 2 fully saturated rings. The Morgan fingerprint density at radius 2 is 1.61 bits per heavy atom. The van der Waals surface area contributed by atoms with Gasteiger partial charge in [0.25, 0.3) is 0 Å². The summed E-state index contributed by atoms with van der Waals surface area (Å²) in [6.45, 7) is -0.332. The van der Waals surface area contributed by atoms with E-state index in [4.69, 9.17) is 0 Å². The zero-order valence-electron chi connectivity index (χ0n) is 16.3. The Balaban J connectivity index is 1.51. The summed E-state index contributed by atoms with van der Waals surface area (Å²) in [4.78, 5) is 37.8. The standard InChI is InChI=1S/C22H30N2O4/c25-20(14-16-6-4-5-7-16)23-18-12-10-17(11-13-18)22(28)24(15-21(26)27)19-8-2-1-3-9-19/h1-3,8-9,16-18H,4-7,10-15H2,(H,23,25)(H,26,27). The molecule has 0 aromatic heterocycles. The smallest absolute Gasteiger partial charge is 0.323 e. The SMILES string of the molecule is O=C(O)CN(C(=O)C1CCC(NC(=O)CC2CCCC2)CC1)c1ccccc1. The van der Waals surface area contributed by atoms with E-state index < -0.39 is 5.97 Å². The van der Waals surface area contributed by atoms with E-state index in [0.717, 1.165) is 25.7 Å². The minimum atomic E-state index is -1.02. The number of hydrogen-bond acceptors (Lipinski definition) is 3. The van der Waals surface area contributed by atoms with Gasteiger partial charge in [0.1, 0.15) is 6.54 Å². The van der Waals surface area contributed by atoms with E-state index in [-0.39, 0.29) is 30.3 Å². The summed E-state index contributed by atoms with van der Waals surface area (Å²) in [6, 6.07) is 9.09. The normalized spacial score (nSPS) is 22.6. The monoisotopic (exact) mass is 386 g/mol. The molecule has 1 aromatic rings. The molecule has 2 aliphatic rings. The quantitative estimate of drug-likeness (QED) is 0.752. The first kappa shape index (κ1) is 20.4. The Labute approximate surface area is 166 Å². The molecule has 28 heavy (non-hydrogen) atoms. The van der Waals surface area contributed by atoms with Crippen LogP contribution in [0.25, 0.3) is 0 Å². The Morgan fingerprint density at radius 3 is 2.21 bits per heavy atom. The number of aliphatic carboxylic acids is 1. The molecule has 0 unspecified atom stereocenters. The maximum atomic E-state index is 13.0. The van der Waals surface area contributed by atoms with E-state index in [2.05, 4.69) is 5.32 Å². The minimum absolute atomic E-state index is 0.127. The molecule has 152 valence electrons. The molecule has 0 radical (unpaired) electrons. The third kappa shape index (κ3) is 5.57. The first-order chi connectivity index (χ1) is 13.5. The number of anilines is 1. The molecule has 0 aliphatic heterocycles. The molecule has 2 amide bonds. The van der Waals surface area contributed by atoms with E-state index in [9.17, 15) is 19.5 Å². The number of nitrogens with one attached hydrogen (secondary N) is 1. The molecule has 6 nitrogen and oxygen atoms in total. The second-order valence-corrected chi connectivity index (χ2v) is 8.12. The first-order valence-electron chi connectivity index (χ1n) is 10.4. The summed E-state index contributed by atoms with van der Waals surface area (Å²) >= 11 is 0. The van der Waals surface area contributed by atoms with Crippen molar-refractivity contribution in [1.29, 1.82) is 0 Å². The van der Waals surface area contributed by atoms with Crippen molar-refractivity contribution in [1.82, 2.24) is 5.32 Å². The molecule has 0 bridgehead atoms. The average molecular weight is 386 g/mol. The van der Waals surface area contributed by atoms with Gasteiger partial charge >= 0.3 is 5.97 Å². The van der Waals surface area contributed by atoms with Crippen LogP contribution in [-0.2, 0) is 14.4 Å². The van der Waals surface area contributed by atoms with Gasteiger partial charge in [-0.2, -0.15) is 0 Å². The van der Waals surface area contributed by atoms with Crippen LogP contribution in [-0.4, -0.2) is 35.5 Å². The molecule has 0 saturated heterocycles. The topological polar surface area (TPSA) is 86.7 Å².